The Labute approximate surface area is 134 Å². The van der Waals surface area contributed by atoms with Gasteiger partial charge in [0.25, 0.3) is 0 Å². The lowest BCUT2D eigenvalue weighted by Gasteiger charge is -2.13. The van der Waals surface area contributed by atoms with Crippen molar-refractivity contribution in [2.24, 2.45) is 0 Å². The van der Waals surface area contributed by atoms with Crippen LogP contribution in [-0.4, -0.2) is 7.11 Å². The average Bonchev–Trinajstić information content (AvgIpc) is 2.82. The fourth-order valence-electron chi connectivity index (χ4n) is 1.56. The lowest BCUT2D eigenvalue weighted by Crippen LogP contribution is -1.97. The smallest absolute Gasteiger partial charge is 0.180 e. The normalized spacial score (nSPS) is 10.5. The van der Waals surface area contributed by atoms with Crippen LogP contribution in [0, 0.1) is 0 Å². The van der Waals surface area contributed by atoms with Crippen molar-refractivity contribution < 1.29 is 9.47 Å². The molecule has 102 valence electrons. The Balaban J connectivity index is 2.19. The summed E-state index contributed by atoms with van der Waals surface area (Å²) in [4.78, 5) is 1.03. The molecule has 1 aromatic carbocycles. The second-order valence-electron chi connectivity index (χ2n) is 3.74. The van der Waals surface area contributed by atoms with Crippen LogP contribution in [-0.2, 0) is 11.9 Å². The molecule has 0 aliphatic heterocycles. The zero-order chi connectivity index (χ0) is 13.8. The summed E-state index contributed by atoms with van der Waals surface area (Å²) in [5.74, 6) is 1.18. The van der Waals surface area contributed by atoms with Crippen LogP contribution >= 0.6 is 50.5 Å². The van der Waals surface area contributed by atoms with Crippen LogP contribution in [0.25, 0.3) is 0 Å². The molecule has 0 fully saturated rings. The van der Waals surface area contributed by atoms with E-state index in [4.69, 9.17) is 32.7 Å². The van der Waals surface area contributed by atoms with Crippen molar-refractivity contribution in [1.82, 2.24) is 0 Å². The molecule has 0 spiro atoms. The van der Waals surface area contributed by atoms with Crippen molar-refractivity contribution in [3.8, 4) is 11.5 Å². The minimum Gasteiger partial charge on any atom is -0.493 e. The first-order valence-electron chi connectivity index (χ1n) is 5.43. The molecule has 0 saturated heterocycles. The van der Waals surface area contributed by atoms with Gasteiger partial charge in [-0.2, -0.15) is 0 Å². The van der Waals surface area contributed by atoms with Gasteiger partial charge in [0.1, 0.15) is 6.61 Å². The van der Waals surface area contributed by atoms with E-state index >= 15 is 0 Å². The number of methoxy groups -OCH3 is 1. The Morgan fingerprint density at radius 1 is 1.26 bits per heavy atom. The van der Waals surface area contributed by atoms with Crippen molar-refractivity contribution in [2.75, 3.05) is 7.11 Å². The number of ether oxygens (including phenoxy) is 2. The quantitative estimate of drug-likeness (QED) is 0.633. The van der Waals surface area contributed by atoms with E-state index in [1.54, 1.807) is 7.11 Å². The standard InChI is InChI=1S/C13H11BrCl2O2S/c1-17-11-5-8(6-14)4-10(15)13(11)18-7-9-2-3-12(16)19-9/h2-5H,6-7H2,1H3. The SMILES string of the molecule is COc1cc(CBr)cc(Cl)c1OCc1ccc(Cl)s1. The Kier molecular flexibility index (Phi) is 5.39. The van der Waals surface area contributed by atoms with Crippen molar-refractivity contribution in [1.29, 1.82) is 0 Å². The molecule has 2 aromatic rings. The van der Waals surface area contributed by atoms with E-state index in [9.17, 15) is 0 Å². The van der Waals surface area contributed by atoms with Crippen LogP contribution in [0.5, 0.6) is 11.5 Å². The molecule has 2 nitrogen and oxygen atoms in total. The minimum absolute atomic E-state index is 0.418. The van der Waals surface area contributed by atoms with Crippen molar-refractivity contribution >= 4 is 50.5 Å². The zero-order valence-corrected chi connectivity index (χ0v) is 14.0. The van der Waals surface area contributed by atoms with E-state index in [-0.39, 0.29) is 0 Å². The number of hydrogen-bond acceptors (Lipinski definition) is 3. The topological polar surface area (TPSA) is 18.5 Å². The molecule has 0 aliphatic carbocycles. The summed E-state index contributed by atoms with van der Waals surface area (Å²) in [6.45, 7) is 0.418. The Hall–Kier alpha value is -0.420. The predicted octanol–water partition coefficient (Wildman–Crippen LogP) is 5.54. The van der Waals surface area contributed by atoms with Crippen LogP contribution in [0.15, 0.2) is 24.3 Å². The van der Waals surface area contributed by atoms with Gasteiger partial charge in [-0.15, -0.1) is 11.3 Å². The maximum Gasteiger partial charge on any atom is 0.180 e. The third kappa shape index (κ3) is 3.78. The fourth-order valence-corrected chi connectivity index (χ4v) is 3.18. The minimum atomic E-state index is 0.418. The Bertz CT molecular complexity index is 572. The summed E-state index contributed by atoms with van der Waals surface area (Å²) in [5.41, 5.74) is 1.04. The zero-order valence-electron chi connectivity index (χ0n) is 10.1. The molecule has 6 heteroatoms. The lowest BCUT2D eigenvalue weighted by molar-refractivity contribution is 0.287. The highest BCUT2D eigenvalue weighted by Crippen LogP contribution is 2.37. The predicted molar refractivity (Wildman–Crippen MR) is 84.3 cm³/mol. The van der Waals surface area contributed by atoms with Gasteiger partial charge in [0.2, 0.25) is 0 Å². The van der Waals surface area contributed by atoms with Gasteiger partial charge in [-0.3, -0.25) is 0 Å². The maximum absolute atomic E-state index is 6.22. The van der Waals surface area contributed by atoms with E-state index in [2.05, 4.69) is 15.9 Å². The molecule has 1 aromatic heterocycles. The first kappa shape index (κ1) is 15.0. The number of alkyl halides is 1. The number of halogens is 3. The summed E-state index contributed by atoms with van der Waals surface area (Å²) in [6.07, 6.45) is 0. The van der Waals surface area contributed by atoms with E-state index in [1.165, 1.54) is 11.3 Å². The second-order valence-corrected chi connectivity index (χ2v) is 6.50. The summed E-state index contributed by atoms with van der Waals surface area (Å²) >= 11 is 17.0. The molecule has 1 heterocycles. The van der Waals surface area contributed by atoms with Gasteiger partial charge >= 0.3 is 0 Å². The number of hydrogen-bond donors (Lipinski definition) is 0. The van der Waals surface area contributed by atoms with Gasteiger partial charge in [-0.25, -0.2) is 0 Å². The molecular formula is C13H11BrCl2O2S. The Morgan fingerprint density at radius 3 is 2.63 bits per heavy atom. The first-order chi connectivity index (χ1) is 9.13. The van der Waals surface area contributed by atoms with Gasteiger partial charge in [0.15, 0.2) is 11.5 Å². The second kappa shape index (κ2) is 6.84. The van der Waals surface area contributed by atoms with Gasteiger partial charge in [-0.05, 0) is 29.8 Å². The average molecular weight is 382 g/mol. The third-order valence-electron chi connectivity index (χ3n) is 2.43. The van der Waals surface area contributed by atoms with Crippen LogP contribution < -0.4 is 9.47 Å². The van der Waals surface area contributed by atoms with Crippen molar-refractivity contribution in [3.63, 3.8) is 0 Å². The highest BCUT2D eigenvalue weighted by atomic mass is 79.9. The summed E-state index contributed by atoms with van der Waals surface area (Å²) < 4.78 is 11.8. The van der Waals surface area contributed by atoms with Crippen LogP contribution in [0.2, 0.25) is 9.36 Å². The Morgan fingerprint density at radius 2 is 2.05 bits per heavy atom. The maximum atomic E-state index is 6.22. The molecule has 0 N–H and O–H groups in total. The molecule has 0 radical (unpaired) electrons. The van der Waals surface area contributed by atoms with Crippen LogP contribution in [0.4, 0.5) is 0 Å². The van der Waals surface area contributed by atoms with Crippen molar-refractivity contribution in [3.05, 3.63) is 44.1 Å². The largest absolute Gasteiger partial charge is 0.493 e. The van der Waals surface area contributed by atoms with Crippen LogP contribution in [0.3, 0.4) is 0 Å². The lowest BCUT2D eigenvalue weighted by atomic mass is 10.2. The van der Waals surface area contributed by atoms with Gasteiger partial charge in [-0.1, -0.05) is 39.1 Å². The monoisotopic (exact) mass is 380 g/mol. The molecule has 2 rings (SSSR count). The van der Waals surface area contributed by atoms with E-state index in [0.717, 1.165) is 14.8 Å². The summed E-state index contributed by atoms with van der Waals surface area (Å²) in [7, 11) is 1.60. The molecule has 0 unspecified atom stereocenters. The number of benzene rings is 1. The summed E-state index contributed by atoms with van der Waals surface area (Å²) in [6, 6.07) is 7.53. The highest BCUT2D eigenvalue weighted by molar-refractivity contribution is 9.08. The van der Waals surface area contributed by atoms with E-state index in [1.807, 2.05) is 24.3 Å². The number of thiophene rings is 1. The molecule has 0 bridgehead atoms. The molecule has 0 atom stereocenters. The molecule has 0 aliphatic rings. The van der Waals surface area contributed by atoms with E-state index < -0.39 is 0 Å². The van der Waals surface area contributed by atoms with Gasteiger partial charge in [0, 0.05) is 10.2 Å². The molecule has 19 heavy (non-hydrogen) atoms. The molecule has 0 saturated carbocycles. The van der Waals surface area contributed by atoms with Crippen LogP contribution in [0.1, 0.15) is 10.4 Å². The number of rotatable bonds is 5. The first-order valence-corrected chi connectivity index (χ1v) is 8.13. The highest BCUT2D eigenvalue weighted by Gasteiger charge is 2.12. The molecule has 0 amide bonds. The van der Waals surface area contributed by atoms with Gasteiger partial charge in [0.05, 0.1) is 16.5 Å². The molecular weight excluding hydrogens is 371 g/mol. The van der Waals surface area contributed by atoms with Crippen molar-refractivity contribution in [2.45, 2.75) is 11.9 Å². The van der Waals surface area contributed by atoms with E-state index in [0.29, 0.717) is 28.5 Å². The third-order valence-corrected chi connectivity index (χ3v) is 4.56. The fraction of sp³-hybridized carbons (Fsp3) is 0.231. The van der Waals surface area contributed by atoms with Gasteiger partial charge < -0.3 is 9.47 Å². The summed E-state index contributed by atoms with van der Waals surface area (Å²) in [5, 5.41) is 1.25.